The molecule has 0 fully saturated rings. The molecule has 2 rings (SSSR count). The molecule has 1 heterocycles. The number of halogens is 3. The van der Waals surface area contributed by atoms with Gasteiger partial charge in [0.2, 0.25) is 0 Å². The van der Waals surface area contributed by atoms with Crippen LogP contribution in [0.1, 0.15) is 0 Å². The number of H-pyrrole nitrogens is 1. The maximum atomic E-state index is 13.4. The third-order valence-corrected chi connectivity index (χ3v) is 3.38. The van der Waals surface area contributed by atoms with Crippen molar-refractivity contribution in [1.82, 2.24) is 9.97 Å². The third kappa shape index (κ3) is 2.65. The Morgan fingerprint density at radius 3 is 2.82 bits per heavy atom. The van der Waals surface area contributed by atoms with Crippen molar-refractivity contribution in [1.29, 1.82) is 0 Å². The second-order valence-electron chi connectivity index (χ2n) is 3.03. The highest BCUT2D eigenvalue weighted by Crippen LogP contribution is 2.31. The fraction of sp³-hybridized carbons (Fsp3) is 0. The van der Waals surface area contributed by atoms with Gasteiger partial charge in [-0.25, -0.2) is 13.8 Å². The number of rotatable bonds is 2. The van der Waals surface area contributed by atoms with Gasteiger partial charge in [0.1, 0.15) is 21.7 Å². The predicted octanol–water partition coefficient (Wildman–Crippen LogP) is 2.85. The molecule has 0 aliphatic heterocycles. The highest BCUT2D eigenvalue weighted by Gasteiger charge is 2.11. The van der Waals surface area contributed by atoms with Crippen molar-refractivity contribution in [2.24, 2.45) is 0 Å². The molecule has 0 unspecified atom stereocenters. The predicted molar refractivity (Wildman–Crippen MR) is 60.3 cm³/mol. The zero-order valence-corrected chi connectivity index (χ0v) is 9.78. The largest absolute Gasteiger partial charge is 0.312 e. The van der Waals surface area contributed by atoms with E-state index in [-0.39, 0.29) is 14.9 Å². The molecule has 0 aliphatic rings. The van der Waals surface area contributed by atoms with Crippen LogP contribution in [0.15, 0.2) is 39.2 Å². The van der Waals surface area contributed by atoms with Crippen LogP contribution in [0.25, 0.3) is 0 Å². The van der Waals surface area contributed by atoms with Gasteiger partial charge in [-0.3, -0.25) is 4.79 Å². The molecule has 7 heteroatoms. The smallest absolute Gasteiger partial charge is 0.270 e. The Kier molecular flexibility index (Phi) is 3.44. The summed E-state index contributed by atoms with van der Waals surface area (Å²) >= 11 is 6.56. The number of hydrogen-bond donors (Lipinski definition) is 1. The molecular formula is C10H5ClF2N2OS. The Morgan fingerprint density at radius 1 is 1.35 bits per heavy atom. The van der Waals surface area contributed by atoms with Gasteiger partial charge in [-0.1, -0.05) is 23.4 Å². The van der Waals surface area contributed by atoms with Crippen LogP contribution in [-0.2, 0) is 0 Å². The van der Waals surface area contributed by atoms with Crippen LogP contribution in [0.5, 0.6) is 0 Å². The van der Waals surface area contributed by atoms with Gasteiger partial charge in [-0.15, -0.1) is 0 Å². The Morgan fingerprint density at radius 2 is 2.12 bits per heavy atom. The number of nitrogens with one attached hydrogen (secondary N) is 1. The average Bonchev–Trinajstić information content (AvgIpc) is 2.28. The van der Waals surface area contributed by atoms with Gasteiger partial charge in [0, 0.05) is 11.0 Å². The second kappa shape index (κ2) is 4.85. The SMILES string of the molecule is O=c1[nH]cnc(Sc2ccc(F)cc2F)c1Cl. The summed E-state index contributed by atoms with van der Waals surface area (Å²) in [5, 5.41) is 0.0437. The monoisotopic (exact) mass is 274 g/mol. The summed E-state index contributed by atoms with van der Waals surface area (Å²) in [5.41, 5.74) is -0.508. The molecule has 0 aliphatic carbocycles. The molecule has 0 radical (unpaired) electrons. The molecule has 17 heavy (non-hydrogen) atoms. The fourth-order valence-electron chi connectivity index (χ4n) is 1.10. The molecule has 0 amide bonds. The molecule has 1 N–H and O–H groups in total. The lowest BCUT2D eigenvalue weighted by molar-refractivity contribution is 0.565. The topological polar surface area (TPSA) is 45.8 Å². The van der Waals surface area contributed by atoms with Gasteiger partial charge in [0.15, 0.2) is 0 Å². The molecule has 0 saturated heterocycles. The van der Waals surface area contributed by atoms with Gasteiger partial charge < -0.3 is 4.98 Å². The first-order chi connectivity index (χ1) is 8.08. The molecule has 88 valence electrons. The molecule has 1 aromatic carbocycles. The summed E-state index contributed by atoms with van der Waals surface area (Å²) in [5.74, 6) is -1.40. The molecule has 0 bridgehead atoms. The third-order valence-electron chi connectivity index (χ3n) is 1.87. The van der Waals surface area contributed by atoms with E-state index in [9.17, 15) is 13.6 Å². The lowest BCUT2D eigenvalue weighted by Gasteiger charge is -2.03. The van der Waals surface area contributed by atoms with Crippen LogP contribution >= 0.6 is 23.4 Å². The minimum atomic E-state index is -0.729. The fourth-order valence-corrected chi connectivity index (χ4v) is 2.11. The van der Waals surface area contributed by atoms with E-state index in [4.69, 9.17) is 11.6 Å². The van der Waals surface area contributed by atoms with Gasteiger partial charge in [-0.05, 0) is 12.1 Å². The molecular weight excluding hydrogens is 270 g/mol. The van der Waals surface area contributed by atoms with E-state index in [1.54, 1.807) is 0 Å². The van der Waals surface area contributed by atoms with Crippen molar-refractivity contribution in [3.05, 3.63) is 51.5 Å². The van der Waals surface area contributed by atoms with Crippen molar-refractivity contribution < 1.29 is 8.78 Å². The first kappa shape index (κ1) is 12.1. The zero-order valence-electron chi connectivity index (χ0n) is 8.21. The maximum absolute atomic E-state index is 13.4. The lowest BCUT2D eigenvalue weighted by atomic mass is 10.3. The Hall–Kier alpha value is -1.40. The van der Waals surface area contributed by atoms with Gasteiger partial charge in [0.25, 0.3) is 5.56 Å². The van der Waals surface area contributed by atoms with Gasteiger partial charge in [-0.2, -0.15) is 0 Å². The van der Waals surface area contributed by atoms with Crippen LogP contribution in [0.2, 0.25) is 5.02 Å². The zero-order chi connectivity index (χ0) is 12.4. The highest BCUT2D eigenvalue weighted by atomic mass is 35.5. The van der Waals surface area contributed by atoms with Crippen molar-refractivity contribution in [3.63, 3.8) is 0 Å². The van der Waals surface area contributed by atoms with Crippen molar-refractivity contribution in [2.45, 2.75) is 9.92 Å². The van der Waals surface area contributed by atoms with E-state index in [1.165, 1.54) is 6.07 Å². The molecule has 0 saturated carbocycles. The van der Waals surface area contributed by atoms with E-state index in [2.05, 4.69) is 9.97 Å². The Balaban J connectivity index is 2.38. The van der Waals surface area contributed by atoms with Crippen LogP contribution < -0.4 is 5.56 Å². The Bertz CT molecular complexity index is 617. The van der Waals surface area contributed by atoms with E-state index < -0.39 is 17.2 Å². The first-order valence-electron chi connectivity index (χ1n) is 4.44. The highest BCUT2D eigenvalue weighted by molar-refractivity contribution is 7.99. The molecule has 0 spiro atoms. The lowest BCUT2D eigenvalue weighted by Crippen LogP contribution is -2.07. The van der Waals surface area contributed by atoms with E-state index in [1.807, 2.05) is 0 Å². The van der Waals surface area contributed by atoms with Crippen LogP contribution in [0, 0.1) is 11.6 Å². The van der Waals surface area contributed by atoms with E-state index >= 15 is 0 Å². The first-order valence-corrected chi connectivity index (χ1v) is 5.63. The number of nitrogens with zero attached hydrogens (tertiary/aromatic N) is 1. The van der Waals surface area contributed by atoms with Gasteiger partial charge in [0.05, 0.1) is 6.33 Å². The minimum absolute atomic E-state index is 0.124. The summed E-state index contributed by atoms with van der Waals surface area (Å²) < 4.78 is 26.0. The quantitative estimate of drug-likeness (QED) is 0.857. The molecule has 1 aromatic heterocycles. The summed E-state index contributed by atoms with van der Waals surface area (Å²) in [7, 11) is 0. The molecule has 3 nitrogen and oxygen atoms in total. The van der Waals surface area contributed by atoms with Crippen LogP contribution in [0.3, 0.4) is 0 Å². The molecule has 0 atom stereocenters. The number of aromatic nitrogens is 2. The second-order valence-corrected chi connectivity index (χ2v) is 4.44. The summed E-state index contributed by atoms with van der Waals surface area (Å²) in [4.78, 5) is 17.4. The normalized spacial score (nSPS) is 10.5. The number of aromatic amines is 1. The van der Waals surface area contributed by atoms with E-state index in [0.717, 1.165) is 30.2 Å². The van der Waals surface area contributed by atoms with E-state index in [0.29, 0.717) is 0 Å². The summed E-state index contributed by atoms with van der Waals surface area (Å²) in [6.45, 7) is 0. The Labute approximate surface area is 104 Å². The van der Waals surface area contributed by atoms with Gasteiger partial charge >= 0.3 is 0 Å². The minimum Gasteiger partial charge on any atom is -0.312 e. The average molecular weight is 275 g/mol. The maximum Gasteiger partial charge on any atom is 0.270 e. The van der Waals surface area contributed by atoms with Crippen molar-refractivity contribution in [3.8, 4) is 0 Å². The summed E-state index contributed by atoms with van der Waals surface area (Å²) in [6, 6.07) is 3.13. The van der Waals surface area contributed by atoms with Crippen LogP contribution in [0.4, 0.5) is 8.78 Å². The van der Waals surface area contributed by atoms with Crippen molar-refractivity contribution >= 4 is 23.4 Å². The standard InChI is InChI=1S/C10H5ClF2N2OS/c11-8-9(16)14-4-15-10(8)17-7-2-1-5(12)3-6(7)13/h1-4H,(H,14,15,16). The summed E-state index contributed by atoms with van der Waals surface area (Å²) in [6.07, 6.45) is 1.16. The number of hydrogen-bond acceptors (Lipinski definition) is 3. The van der Waals surface area contributed by atoms with Crippen molar-refractivity contribution in [2.75, 3.05) is 0 Å². The molecule has 2 aromatic rings. The number of benzene rings is 1. The van der Waals surface area contributed by atoms with Crippen LogP contribution in [-0.4, -0.2) is 9.97 Å².